The van der Waals surface area contributed by atoms with E-state index in [0.717, 1.165) is 4.91 Å². The van der Waals surface area contributed by atoms with E-state index >= 15 is 0 Å². The fourth-order valence-corrected chi connectivity index (χ4v) is 2.13. The summed E-state index contributed by atoms with van der Waals surface area (Å²) < 4.78 is 2.97. The van der Waals surface area contributed by atoms with Crippen LogP contribution in [0.3, 0.4) is 0 Å². The highest BCUT2D eigenvalue weighted by Gasteiger charge is 2.25. The number of aromatic nitrogens is 2. The molecule has 102 valence electrons. The molecule has 1 aliphatic rings. The van der Waals surface area contributed by atoms with Gasteiger partial charge in [-0.05, 0) is 4.92 Å². The number of nitrogens with zero attached hydrogens (tertiary/aromatic N) is 6. The highest BCUT2D eigenvalue weighted by Crippen LogP contribution is 2.33. The molecule has 19 heavy (non-hydrogen) atoms. The topological polar surface area (TPSA) is 91.8 Å². The summed E-state index contributed by atoms with van der Waals surface area (Å²) in [7, 11) is 5.33. The molecule has 0 atom stereocenters. The highest BCUT2D eigenvalue weighted by atomic mass is 32.2. The largest absolute Gasteiger partial charge is 0.367 e. The number of hydrazone groups is 1. The zero-order valence-corrected chi connectivity index (χ0v) is 11.5. The van der Waals surface area contributed by atoms with Gasteiger partial charge in [0.1, 0.15) is 17.4 Å². The SMILES string of the molecule is CN(C)/C=N/N1NC=C(c2ncc([N+](=O)[O-])n2C)S1. The van der Waals surface area contributed by atoms with Crippen molar-refractivity contribution in [2.45, 2.75) is 0 Å². The summed E-state index contributed by atoms with van der Waals surface area (Å²) in [6.07, 6.45) is 4.57. The second-order valence-corrected chi connectivity index (χ2v) is 4.92. The van der Waals surface area contributed by atoms with Gasteiger partial charge in [0.2, 0.25) is 5.82 Å². The molecule has 9 nitrogen and oxygen atoms in total. The Morgan fingerprint density at radius 2 is 2.37 bits per heavy atom. The van der Waals surface area contributed by atoms with E-state index in [2.05, 4.69) is 15.5 Å². The second-order valence-electron chi connectivity index (χ2n) is 3.95. The predicted octanol–water partition coefficient (Wildman–Crippen LogP) is 0.600. The van der Waals surface area contributed by atoms with Gasteiger partial charge in [-0.3, -0.25) is 5.43 Å². The molecule has 0 saturated heterocycles. The van der Waals surface area contributed by atoms with E-state index in [1.54, 1.807) is 24.5 Å². The first kappa shape index (κ1) is 13.2. The van der Waals surface area contributed by atoms with Crippen molar-refractivity contribution in [3.05, 3.63) is 28.3 Å². The second kappa shape index (κ2) is 5.18. The number of nitro groups is 1. The van der Waals surface area contributed by atoms with Crippen LogP contribution in [0.2, 0.25) is 0 Å². The molecule has 0 aliphatic carbocycles. The van der Waals surface area contributed by atoms with Crippen LogP contribution in [0.25, 0.3) is 4.91 Å². The van der Waals surface area contributed by atoms with Crippen molar-refractivity contribution in [1.29, 1.82) is 0 Å². The normalized spacial score (nSPS) is 14.7. The Labute approximate surface area is 113 Å². The molecule has 2 heterocycles. The first-order valence-electron chi connectivity index (χ1n) is 5.30. The minimum atomic E-state index is -0.466. The van der Waals surface area contributed by atoms with Crippen molar-refractivity contribution in [1.82, 2.24) is 24.4 Å². The fraction of sp³-hybridized carbons (Fsp3) is 0.333. The molecular weight excluding hydrogens is 270 g/mol. The summed E-state index contributed by atoms with van der Waals surface area (Å²) in [6.45, 7) is 0. The number of rotatable bonds is 4. The van der Waals surface area contributed by atoms with Gasteiger partial charge in [0.15, 0.2) is 0 Å². The van der Waals surface area contributed by atoms with Crippen LogP contribution in [0, 0.1) is 10.1 Å². The molecule has 0 unspecified atom stereocenters. The van der Waals surface area contributed by atoms with E-state index in [1.807, 2.05) is 14.1 Å². The van der Waals surface area contributed by atoms with Gasteiger partial charge in [-0.15, -0.1) is 9.62 Å². The number of hydrazine groups is 1. The van der Waals surface area contributed by atoms with Gasteiger partial charge in [0, 0.05) is 32.2 Å². The molecule has 0 spiro atoms. The maximum absolute atomic E-state index is 10.8. The quantitative estimate of drug-likeness (QED) is 0.284. The minimum absolute atomic E-state index is 0.0493. The van der Waals surface area contributed by atoms with Crippen LogP contribution < -0.4 is 5.43 Å². The van der Waals surface area contributed by atoms with Crippen molar-refractivity contribution < 1.29 is 4.92 Å². The fourth-order valence-electron chi connectivity index (χ4n) is 1.37. The summed E-state index contributed by atoms with van der Waals surface area (Å²) in [5, 5.41) is 14.9. The van der Waals surface area contributed by atoms with E-state index in [1.165, 1.54) is 27.2 Å². The molecular formula is C9H13N7O2S. The van der Waals surface area contributed by atoms with Crippen LogP contribution in [-0.4, -0.2) is 44.3 Å². The van der Waals surface area contributed by atoms with Gasteiger partial charge < -0.3 is 15.0 Å². The van der Waals surface area contributed by atoms with Gasteiger partial charge >= 0.3 is 5.82 Å². The zero-order chi connectivity index (χ0) is 14.0. The van der Waals surface area contributed by atoms with Crippen LogP contribution in [0.15, 0.2) is 17.5 Å². The van der Waals surface area contributed by atoms with Crippen molar-refractivity contribution in [2.24, 2.45) is 12.1 Å². The Morgan fingerprint density at radius 1 is 1.63 bits per heavy atom. The van der Waals surface area contributed by atoms with E-state index in [0.29, 0.717) is 5.82 Å². The lowest BCUT2D eigenvalue weighted by Gasteiger charge is -2.10. The Kier molecular flexibility index (Phi) is 3.60. The molecule has 10 heteroatoms. The van der Waals surface area contributed by atoms with Crippen molar-refractivity contribution >= 4 is 29.0 Å². The molecule has 1 aromatic heterocycles. The van der Waals surface area contributed by atoms with Gasteiger partial charge in [0.25, 0.3) is 0 Å². The van der Waals surface area contributed by atoms with Gasteiger partial charge in [-0.2, -0.15) is 0 Å². The average molecular weight is 283 g/mol. The van der Waals surface area contributed by atoms with Gasteiger partial charge in [0.05, 0.1) is 7.05 Å². The molecule has 1 aromatic rings. The Balaban J connectivity index is 2.11. The monoisotopic (exact) mass is 283 g/mol. The van der Waals surface area contributed by atoms with Gasteiger partial charge in [-0.1, -0.05) is 0 Å². The summed E-state index contributed by atoms with van der Waals surface area (Å²) in [5.41, 5.74) is 2.91. The molecule has 0 amide bonds. The molecule has 2 rings (SSSR count). The molecule has 0 radical (unpaired) electrons. The van der Waals surface area contributed by atoms with Crippen LogP contribution in [0.5, 0.6) is 0 Å². The lowest BCUT2D eigenvalue weighted by atomic mass is 10.5. The van der Waals surface area contributed by atoms with E-state index in [4.69, 9.17) is 0 Å². The lowest BCUT2D eigenvalue weighted by molar-refractivity contribution is -0.391. The highest BCUT2D eigenvalue weighted by molar-refractivity contribution is 8.06. The lowest BCUT2D eigenvalue weighted by Crippen LogP contribution is -2.19. The minimum Gasteiger partial charge on any atom is -0.367 e. The third kappa shape index (κ3) is 2.78. The maximum atomic E-state index is 10.8. The van der Waals surface area contributed by atoms with Crippen molar-refractivity contribution in [3.8, 4) is 0 Å². The summed E-state index contributed by atoms with van der Waals surface area (Å²) in [5.74, 6) is 0.471. The van der Waals surface area contributed by atoms with Crippen molar-refractivity contribution in [2.75, 3.05) is 14.1 Å². The first-order chi connectivity index (χ1) is 8.99. The zero-order valence-electron chi connectivity index (χ0n) is 10.6. The number of imidazole rings is 1. The maximum Gasteiger partial charge on any atom is 0.342 e. The van der Waals surface area contributed by atoms with Gasteiger partial charge in [-0.25, -0.2) is 9.55 Å². The van der Waals surface area contributed by atoms with Crippen molar-refractivity contribution in [3.63, 3.8) is 0 Å². The molecule has 0 fully saturated rings. The summed E-state index contributed by atoms with van der Waals surface area (Å²) in [4.78, 5) is 16.9. The predicted molar refractivity (Wildman–Crippen MR) is 72.6 cm³/mol. The summed E-state index contributed by atoms with van der Waals surface area (Å²) >= 11 is 1.30. The first-order valence-corrected chi connectivity index (χ1v) is 6.08. The van der Waals surface area contributed by atoms with Crippen LogP contribution in [-0.2, 0) is 7.05 Å². The summed E-state index contributed by atoms with van der Waals surface area (Å²) in [6, 6.07) is 0. The standard InChI is InChI=1S/C9H13N7O2S/c1-13(2)6-12-16-11-4-7(19-16)9-10-5-8(14(9)3)15(17)18/h4-6,11H,1-3H3/b12-6+. The van der Waals surface area contributed by atoms with Crippen LogP contribution in [0.1, 0.15) is 5.82 Å². The van der Waals surface area contributed by atoms with E-state index < -0.39 is 4.92 Å². The van der Waals surface area contributed by atoms with E-state index in [-0.39, 0.29) is 5.82 Å². The molecule has 0 aromatic carbocycles. The van der Waals surface area contributed by atoms with E-state index in [9.17, 15) is 10.1 Å². The average Bonchev–Trinajstić information content (AvgIpc) is 2.92. The number of nitrogens with one attached hydrogen (secondary N) is 1. The molecule has 0 saturated carbocycles. The Morgan fingerprint density at radius 3 is 2.95 bits per heavy atom. The third-order valence-electron chi connectivity index (χ3n) is 2.25. The van der Waals surface area contributed by atoms with Crippen LogP contribution >= 0.6 is 11.9 Å². The Hall–Kier alpha value is -2.23. The number of hydrogen-bond donors (Lipinski definition) is 1. The smallest absolute Gasteiger partial charge is 0.342 e. The molecule has 1 N–H and O–H groups in total. The third-order valence-corrected chi connectivity index (χ3v) is 3.12. The van der Waals surface area contributed by atoms with Crippen LogP contribution in [0.4, 0.5) is 5.82 Å². The molecule has 1 aliphatic heterocycles. The number of hydrogen-bond acceptors (Lipinski definition) is 7. The molecule has 0 bridgehead atoms. The Bertz CT molecular complexity index is 551.